The van der Waals surface area contributed by atoms with Gasteiger partial charge in [-0.2, -0.15) is 4.31 Å². The third-order valence-corrected chi connectivity index (χ3v) is 9.06. The molecule has 1 spiro atoms. The highest BCUT2D eigenvalue weighted by Crippen LogP contribution is 2.37. The van der Waals surface area contributed by atoms with Crippen LogP contribution >= 0.6 is 0 Å². The van der Waals surface area contributed by atoms with Crippen molar-refractivity contribution in [2.45, 2.75) is 62.9 Å². The van der Waals surface area contributed by atoms with Crippen LogP contribution in [0, 0.1) is 5.92 Å². The Hall–Kier alpha value is -2.71. The van der Waals surface area contributed by atoms with Crippen LogP contribution in [0.15, 0.2) is 59.5 Å². The molecule has 0 bridgehead atoms. The molecule has 2 aromatic carbocycles. The lowest BCUT2D eigenvalue weighted by atomic mass is 9.81. The van der Waals surface area contributed by atoms with Crippen molar-refractivity contribution in [2.24, 2.45) is 5.92 Å². The molecule has 8 heteroatoms. The molecule has 2 heterocycles. The second-order valence-corrected chi connectivity index (χ2v) is 11.8. The van der Waals surface area contributed by atoms with Crippen LogP contribution in [-0.2, 0) is 19.6 Å². The summed E-state index contributed by atoms with van der Waals surface area (Å²) < 4.78 is 28.9. The van der Waals surface area contributed by atoms with Crippen molar-refractivity contribution in [1.82, 2.24) is 14.5 Å². The van der Waals surface area contributed by atoms with Crippen LogP contribution in [0.1, 0.15) is 46.5 Å². The Morgan fingerprint density at radius 1 is 1.00 bits per heavy atom. The van der Waals surface area contributed by atoms with Gasteiger partial charge in [0.2, 0.25) is 21.8 Å². The molecule has 0 aliphatic carbocycles. The van der Waals surface area contributed by atoms with E-state index < -0.39 is 21.6 Å². The van der Waals surface area contributed by atoms with Gasteiger partial charge in [-0.25, -0.2) is 8.42 Å². The van der Waals surface area contributed by atoms with E-state index in [1.54, 1.807) is 17.0 Å². The van der Waals surface area contributed by atoms with Gasteiger partial charge < -0.3 is 10.2 Å². The minimum Gasteiger partial charge on any atom is -0.342 e. The second-order valence-electron chi connectivity index (χ2n) is 9.94. The minimum absolute atomic E-state index is 0.0501. The summed E-state index contributed by atoms with van der Waals surface area (Å²) in [6.45, 7) is 6.91. The summed E-state index contributed by atoms with van der Waals surface area (Å²) in [5.74, 6) is 0.0715. The smallest absolute Gasteiger partial charge is 0.246 e. The van der Waals surface area contributed by atoms with E-state index in [9.17, 15) is 18.0 Å². The van der Waals surface area contributed by atoms with E-state index in [0.29, 0.717) is 18.5 Å². The molecule has 0 saturated carbocycles. The van der Waals surface area contributed by atoms with Gasteiger partial charge in [-0.15, -0.1) is 0 Å². The number of piperazine rings is 1. The molecule has 1 N–H and O–H groups in total. The number of nitrogens with one attached hydrogen (secondary N) is 1. The van der Waals surface area contributed by atoms with Crippen molar-refractivity contribution >= 4 is 21.8 Å². The van der Waals surface area contributed by atoms with Crippen molar-refractivity contribution in [3.05, 3.63) is 54.6 Å². The van der Waals surface area contributed by atoms with Gasteiger partial charge in [-0.05, 0) is 43.2 Å². The van der Waals surface area contributed by atoms with Crippen LogP contribution in [0.4, 0.5) is 0 Å². The van der Waals surface area contributed by atoms with E-state index >= 15 is 0 Å². The van der Waals surface area contributed by atoms with Crippen LogP contribution in [0.3, 0.4) is 0 Å². The zero-order chi connectivity index (χ0) is 25.2. The first-order valence-electron chi connectivity index (χ1n) is 12.5. The number of sulfonamides is 1. The number of piperidine rings is 1. The molecule has 2 fully saturated rings. The lowest BCUT2D eigenvalue weighted by Crippen LogP contribution is -2.73. The average Bonchev–Trinajstić information content (AvgIpc) is 2.86. The fourth-order valence-electron chi connectivity index (χ4n) is 5.34. The standard InChI is InChI=1S/C27H35N3O4S/c1-4-16-30-25(31)23(19-20(2)3)28-26(32)27(30)14-17-29(18-15-27)35(33,34)24-13-9-8-12-22(24)21-10-6-5-7-11-21/h5-13,20,23H,4,14-19H2,1-3H3,(H,28,32). The number of hydrogen-bond acceptors (Lipinski definition) is 4. The monoisotopic (exact) mass is 497 g/mol. The molecule has 188 valence electrons. The van der Waals surface area contributed by atoms with Gasteiger partial charge in [-0.1, -0.05) is 69.3 Å². The summed E-state index contributed by atoms with van der Waals surface area (Å²) in [6, 6.07) is 16.0. The molecule has 0 radical (unpaired) electrons. The molecule has 2 aromatic rings. The van der Waals surface area contributed by atoms with Gasteiger partial charge in [0.05, 0.1) is 4.90 Å². The Labute approximate surface area is 208 Å². The number of carbonyl (C=O) groups is 2. The Morgan fingerprint density at radius 3 is 2.26 bits per heavy atom. The Morgan fingerprint density at radius 2 is 1.63 bits per heavy atom. The highest BCUT2D eigenvalue weighted by molar-refractivity contribution is 7.89. The maximum Gasteiger partial charge on any atom is 0.246 e. The van der Waals surface area contributed by atoms with Gasteiger partial charge in [0.15, 0.2) is 0 Å². The van der Waals surface area contributed by atoms with Crippen LogP contribution < -0.4 is 5.32 Å². The quantitative estimate of drug-likeness (QED) is 0.633. The largest absolute Gasteiger partial charge is 0.342 e. The van der Waals surface area contributed by atoms with Crippen molar-refractivity contribution < 1.29 is 18.0 Å². The summed E-state index contributed by atoms with van der Waals surface area (Å²) in [5, 5.41) is 2.96. The zero-order valence-corrected chi connectivity index (χ0v) is 21.6. The van der Waals surface area contributed by atoms with Crippen LogP contribution in [-0.4, -0.2) is 60.7 Å². The van der Waals surface area contributed by atoms with Crippen LogP contribution in [0.2, 0.25) is 0 Å². The first kappa shape index (κ1) is 25.4. The predicted molar refractivity (Wildman–Crippen MR) is 136 cm³/mol. The molecule has 1 unspecified atom stereocenters. The number of carbonyl (C=O) groups excluding carboxylic acids is 2. The Bertz CT molecular complexity index is 1170. The molecule has 2 aliphatic heterocycles. The predicted octanol–water partition coefficient (Wildman–Crippen LogP) is 3.66. The average molecular weight is 498 g/mol. The molecular formula is C27H35N3O4S. The highest BCUT2D eigenvalue weighted by atomic mass is 32.2. The fourth-order valence-corrected chi connectivity index (χ4v) is 6.99. The van der Waals surface area contributed by atoms with Gasteiger partial charge in [0.25, 0.3) is 0 Å². The lowest BCUT2D eigenvalue weighted by Gasteiger charge is -2.51. The molecule has 4 rings (SSSR count). The van der Waals surface area contributed by atoms with Gasteiger partial charge in [0.1, 0.15) is 11.6 Å². The normalized spacial score (nSPS) is 20.9. The van der Waals surface area contributed by atoms with Crippen molar-refractivity contribution in [3.63, 3.8) is 0 Å². The molecule has 2 aliphatic rings. The molecule has 7 nitrogen and oxygen atoms in total. The third kappa shape index (κ3) is 4.74. The maximum absolute atomic E-state index is 13.7. The molecule has 2 amide bonds. The second kappa shape index (κ2) is 10.1. The highest BCUT2D eigenvalue weighted by Gasteiger charge is 2.54. The number of nitrogens with zero attached hydrogens (tertiary/aromatic N) is 2. The van der Waals surface area contributed by atoms with E-state index in [2.05, 4.69) is 5.32 Å². The molecule has 0 aromatic heterocycles. The summed E-state index contributed by atoms with van der Waals surface area (Å²) in [7, 11) is -3.79. The minimum atomic E-state index is -3.79. The molecule has 1 atom stereocenters. The van der Waals surface area contributed by atoms with Gasteiger partial charge >= 0.3 is 0 Å². The van der Waals surface area contributed by atoms with E-state index in [1.807, 2.05) is 63.2 Å². The van der Waals surface area contributed by atoms with E-state index in [4.69, 9.17) is 0 Å². The summed E-state index contributed by atoms with van der Waals surface area (Å²) in [6.07, 6.45) is 1.90. The van der Waals surface area contributed by atoms with E-state index in [0.717, 1.165) is 12.0 Å². The van der Waals surface area contributed by atoms with Gasteiger partial charge in [-0.3, -0.25) is 9.59 Å². The van der Waals surface area contributed by atoms with E-state index in [-0.39, 0.29) is 48.6 Å². The fraction of sp³-hybridized carbons (Fsp3) is 0.481. The zero-order valence-electron chi connectivity index (χ0n) is 20.7. The third-order valence-electron chi connectivity index (χ3n) is 7.10. The summed E-state index contributed by atoms with van der Waals surface area (Å²) >= 11 is 0. The molecule has 2 saturated heterocycles. The van der Waals surface area contributed by atoms with E-state index in [1.165, 1.54) is 4.31 Å². The van der Waals surface area contributed by atoms with Crippen molar-refractivity contribution in [2.75, 3.05) is 19.6 Å². The Balaban J connectivity index is 1.59. The summed E-state index contributed by atoms with van der Waals surface area (Å²) in [4.78, 5) is 28.7. The van der Waals surface area contributed by atoms with Crippen molar-refractivity contribution in [3.8, 4) is 11.1 Å². The summed E-state index contributed by atoms with van der Waals surface area (Å²) in [5.41, 5.74) is 0.497. The lowest BCUT2D eigenvalue weighted by molar-refractivity contribution is -0.160. The Kier molecular flexibility index (Phi) is 7.33. The van der Waals surface area contributed by atoms with Crippen LogP contribution in [0.25, 0.3) is 11.1 Å². The molecule has 35 heavy (non-hydrogen) atoms. The number of hydrogen-bond donors (Lipinski definition) is 1. The van der Waals surface area contributed by atoms with Crippen LogP contribution in [0.5, 0.6) is 0 Å². The number of rotatable bonds is 7. The molecular weight excluding hydrogens is 462 g/mol. The maximum atomic E-state index is 13.7. The topological polar surface area (TPSA) is 86.8 Å². The van der Waals surface area contributed by atoms with Crippen molar-refractivity contribution in [1.29, 1.82) is 0 Å². The first-order valence-corrected chi connectivity index (χ1v) is 13.9. The number of benzene rings is 2. The first-order chi connectivity index (χ1) is 16.7. The number of amides is 2. The van der Waals surface area contributed by atoms with Gasteiger partial charge in [0, 0.05) is 25.2 Å². The SMILES string of the molecule is CCCN1C(=O)C(CC(C)C)NC(=O)C12CCN(S(=O)(=O)c1ccccc1-c1ccccc1)CC2.